The van der Waals surface area contributed by atoms with Crippen LogP contribution in [0.25, 0.3) is 16.4 Å². The summed E-state index contributed by atoms with van der Waals surface area (Å²) < 4.78 is 2.12. The summed E-state index contributed by atoms with van der Waals surface area (Å²) in [5.41, 5.74) is 5.30. The van der Waals surface area contributed by atoms with Gasteiger partial charge in [0.2, 0.25) is 0 Å². The predicted molar refractivity (Wildman–Crippen MR) is 78.6 cm³/mol. The quantitative estimate of drug-likeness (QED) is 0.621. The number of nitrogens with zero attached hydrogens (tertiary/aromatic N) is 4. The molecule has 1 atom stereocenters. The van der Waals surface area contributed by atoms with Gasteiger partial charge in [-0.1, -0.05) is 18.2 Å². The van der Waals surface area contributed by atoms with Crippen LogP contribution in [-0.2, 0) is 0 Å². The minimum absolute atomic E-state index is 0.219. The average Bonchev–Trinajstić information content (AvgIpc) is 3.11. The lowest BCUT2D eigenvalue weighted by Gasteiger charge is -2.13. The second kappa shape index (κ2) is 3.42. The molecule has 4 heterocycles. The molecule has 0 fully saturated rings. The van der Waals surface area contributed by atoms with Gasteiger partial charge in [-0.25, -0.2) is 9.98 Å². The Balaban J connectivity index is 2.03. The normalized spacial score (nSPS) is 19.4. The first-order valence-electron chi connectivity index (χ1n) is 6.59. The highest BCUT2D eigenvalue weighted by molar-refractivity contribution is 6.13. The molecule has 0 bridgehead atoms. The molecular formula is C16H10N4. The van der Waals surface area contributed by atoms with Gasteiger partial charge in [-0.15, -0.1) is 0 Å². The number of imidazole rings is 1. The molecule has 1 unspecified atom stereocenters. The van der Waals surface area contributed by atoms with Gasteiger partial charge in [0.05, 0.1) is 46.6 Å². The van der Waals surface area contributed by atoms with E-state index >= 15 is 0 Å². The van der Waals surface area contributed by atoms with E-state index in [9.17, 15) is 0 Å². The highest BCUT2D eigenvalue weighted by atomic mass is 15.0. The van der Waals surface area contributed by atoms with Crippen LogP contribution >= 0.6 is 0 Å². The maximum absolute atomic E-state index is 4.82. The van der Waals surface area contributed by atoms with Gasteiger partial charge in [0.15, 0.2) is 0 Å². The second-order valence-corrected chi connectivity index (χ2v) is 5.04. The van der Waals surface area contributed by atoms with Crippen molar-refractivity contribution < 1.29 is 0 Å². The van der Waals surface area contributed by atoms with Gasteiger partial charge < -0.3 is 0 Å². The zero-order valence-electron chi connectivity index (χ0n) is 10.6. The smallest absolute Gasteiger partial charge is 0.0996 e. The molecule has 0 spiro atoms. The monoisotopic (exact) mass is 258 g/mol. The first-order chi connectivity index (χ1) is 9.93. The third kappa shape index (κ3) is 1.09. The SMILES string of the molecule is C1=CC2=Nc3c(n4cncc4c4ncccc34)C2C=C1. The summed E-state index contributed by atoms with van der Waals surface area (Å²) in [4.78, 5) is 13.6. The number of hydrogen-bond acceptors (Lipinski definition) is 3. The molecule has 0 saturated heterocycles. The molecular weight excluding hydrogens is 248 g/mol. The Kier molecular flexibility index (Phi) is 1.72. The van der Waals surface area contributed by atoms with E-state index in [0.717, 1.165) is 27.8 Å². The van der Waals surface area contributed by atoms with E-state index in [-0.39, 0.29) is 5.92 Å². The summed E-state index contributed by atoms with van der Waals surface area (Å²) in [5.74, 6) is 0.219. The number of hydrogen-bond donors (Lipinski definition) is 0. The Morgan fingerprint density at radius 1 is 1.20 bits per heavy atom. The van der Waals surface area contributed by atoms with Gasteiger partial charge in [-0.2, -0.15) is 0 Å². The van der Waals surface area contributed by atoms with Crippen molar-refractivity contribution >= 4 is 27.8 Å². The van der Waals surface area contributed by atoms with Crippen LogP contribution in [0.15, 0.2) is 60.2 Å². The van der Waals surface area contributed by atoms with E-state index in [1.165, 1.54) is 5.69 Å². The van der Waals surface area contributed by atoms with Gasteiger partial charge >= 0.3 is 0 Å². The summed E-state index contributed by atoms with van der Waals surface area (Å²) in [6.45, 7) is 0. The maximum Gasteiger partial charge on any atom is 0.0996 e. The second-order valence-electron chi connectivity index (χ2n) is 5.04. The van der Waals surface area contributed by atoms with Crippen LogP contribution in [0.5, 0.6) is 0 Å². The molecule has 0 N–H and O–H groups in total. The van der Waals surface area contributed by atoms with Crippen molar-refractivity contribution in [3.8, 4) is 0 Å². The van der Waals surface area contributed by atoms with Crippen LogP contribution in [0, 0.1) is 0 Å². The van der Waals surface area contributed by atoms with Gasteiger partial charge in [0.1, 0.15) is 0 Å². The van der Waals surface area contributed by atoms with Crippen LogP contribution in [-0.4, -0.2) is 20.1 Å². The molecule has 1 aliphatic carbocycles. The van der Waals surface area contributed by atoms with Crippen molar-refractivity contribution in [1.82, 2.24) is 14.4 Å². The fraction of sp³-hybridized carbons (Fsp3) is 0.0625. The van der Waals surface area contributed by atoms with Crippen molar-refractivity contribution in [2.75, 3.05) is 0 Å². The topological polar surface area (TPSA) is 42.5 Å². The van der Waals surface area contributed by atoms with E-state index in [4.69, 9.17) is 4.99 Å². The third-order valence-electron chi connectivity index (χ3n) is 3.98. The fourth-order valence-corrected chi connectivity index (χ4v) is 3.13. The van der Waals surface area contributed by atoms with Crippen LogP contribution in [0.4, 0.5) is 5.69 Å². The molecule has 5 rings (SSSR count). The standard InChI is InChI=1S/C16H10N4/c1-2-6-12-10(4-1)16-15(19-12)11-5-3-7-18-14(11)13-8-17-9-20(13)16/h1-10H. The van der Waals surface area contributed by atoms with E-state index < -0.39 is 0 Å². The number of aliphatic imine (C=N–C) groups is 1. The van der Waals surface area contributed by atoms with Crippen molar-refractivity contribution in [2.24, 2.45) is 4.99 Å². The van der Waals surface area contributed by atoms with Gasteiger partial charge in [0.25, 0.3) is 0 Å². The Bertz CT molecular complexity index is 959. The third-order valence-corrected chi connectivity index (χ3v) is 3.98. The lowest BCUT2D eigenvalue weighted by atomic mass is 9.95. The van der Waals surface area contributed by atoms with Crippen LogP contribution in [0.1, 0.15) is 11.6 Å². The summed E-state index contributed by atoms with van der Waals surface area (Å²) in [5, 5.41) is 1.10. The molecule has 3 aromatic rings. The summed E-state index contributed by atoms with van der Waals surface area (Å²) in [6, 6.07) is 4.05. The summed E-state index contributed by atoms with van der Waals surface area (Å²) >= 11 is 0. The zero-order valence-corrected chi connectivity index (χ0v) is 10.6. The van der Waals surface area contributed by atoms with Gasteiger partial charge in [-0.05, 0) is 18.2 Å². The van der Waals surface area contributed by atoms with Crippen molar-refractivity contribution in [2.45, 2.75) is 5.92 Å². The molecule has 0 aromatic carbocycles. The average molecular weight is 258 g/mol. The van der Waals surface area contributed by atoms with E-state index in [0.29, 0.717) is 0 Å². The lowest BCUT2D eigenvalue weighted by Crippen LogP contribution is -2.08. The molecule has 94 valence electrons. The van der Waals surface area contributed by atoms with Crippen molar-refractivity contribution in [3.63, 3.8) is 0 Å². The molecule has 2 aliphatic rings. The van der Waals surface area contributed by atoms with Crippen LogP contribution in [0.2, 0.25) is 0 Å². The highest BCUT2D eigenvalue weighted by Crippen LogP contribution is 2.43. The Morgan fingerprint density at radius 3 is 3.20 bits per heavy atom. The molecule has 1 aliphatic heterocycles. The lowest BCUT2D eigenvalue weighted by molar-refractivity contribution is 0.999. The predicted octanol–water partition coefficient (Wildman–Crippen LogP) is 3.18. The first kappa shape index (κ1) is 10.1. The largest absolute Gasteiger partial charge is 0.298 e. The number of rotatable bonds is 0. The molecule has 0 amide bonds. The Hall–Kier alpha value is -2.75. The molecule has 4 heteroatoms. The number of fused-ring (bicyclic) bond motifs is 8. The van der Waals surface area contributed by atoms with Gasteiger partial charge in [0, 0.05) is 11.6 Å². The maximum atomic E-state index is 4.82. The van der Waals surface area contributed by atoms with E-state index in [1.807, 2.05) is 30.9 Å². The number of allylic oxidation sites excluding steroid dienone is 4. The Morgan fingerprint density at radius 2 is 2.20 bits per heavy atom. The molecule has 0 saturated carbocycles. The summed E-state index contributed by atoms with van der Waals surface area (Å²) in [7, 11) is 0. The molecule has 20 heavy (non-hydrogen) atoms. The zero-order chi connectivity index (χ0) is 13.1. The Labute approximate surface area is 114 Å². The fourth-order valence-electron chi connectivity index (χ4n) is 3.13. The van der Waals surface area contributed by atoms with Gasteiger partial charge in [-0.3, -0.25) is 9.38 Å². The minimum atomic E-state index is 0.219. The van der Waals surface area contributed by atoms with Crippen LogP contribution < -0.4 is 0 Å². The van der Waals surface area contributed by atoms with Crippen LogP contribution in [0.3, 0.4) is 0 Å². The summed E-state index contributed by atoms with van der Waals surface area (Å²) in [6.07, 6.45) is 13.9. The molecule has 0 radical (unpaired) electrons. The molecule has 3 aromatic heterocycles. The minimum Gasteiger partial charge on any atom is -0.298 e. The van der Waals surface area contributed by atoms with E-state index in [1.54, 1.807) is 0 Å². The number of pyridine rings is 2. The van der Waals surface area contributed by atoms with Crippen molar-refractivity contribution in [3.05, 3.63) is 60.9 Å². The highest BCUT2D eigenvalue weighted by Gasteiger charge is 2.29. The van der Waals surface area contributed by atoms with Crippen molar-refractivity contribution in [1.29, 1.82) is 0 Å². The number of aromatic nitrogens is 3. The first-order valence-corrected chi connectivity index (χ1v) is 6.59. The molecule has 4 nitrogen and oxygen atoms in total. The van der Waals surface area contributed by atoms with E-state index in [2.05, 4.69) is 38.7 Å².